The van der Waals surface area contributed by atoms with Gasteiger partial charge in [-0.15, -0.1) is 21.5 Å². The second kappa shape index (κ2) is 5.36. The molecule has 4 rings (SSSR count). The van der Waals surface area contributed by atoms with Gasteiger partial charge in [0.15, 0.2) is 0 Å². The maximum absolute atomic E-state index is 12.2. The summed E-state index contributed by atoms with van der Waals surface area (Å²) in [6.45, 7) is 0. The molecule has 114 valence electrons. The summed E-state index contributed by atoms with van der Waals surface area (Å²) in [5.41, 5.74) is 0.140. The zero-order valence-electron chi connectivity index (χ0n) is 12.0. The SMILES string of the molecule is COc1ccc2cc(-c3nnc(-c4cccs4)o3)c(=O)oc2c1. The van der Waals surface area contributed by atoms with Gasteiger partial charge < -0.3 is 13.6 Å². The van der Waals surface area contributed by atoms with E-state index in [2.05, 4.69) is 10.2 Å². The first-order valence-corrected chi connectivity index (χ1v) is 7.62. The molecule has 0 aliphatic heterocycles. The highest BCUT2D eigenvalue weighted by Crippen LogP contribution is 2.27. The molecule has 3 aromatic heterocycles. The van der Waals surface area contributed by atoms with E-state index >= 15 is 0 Å². The van der Waals surface area contributed by atoms with E-state index in [-0.39, 0.29) is 11.5 Å². The fraction of sp³-hybridized carbons (Fsp3) is 0.0625. The molecule has 0 radical (unpaired) electrons. The van der Waals surface area contributed by atoms with E-state index in [1.165, 1.54) is 11.3 Å². The molecule has 0 saturated heterocycles. The monoisotopic (exact) mass is 326 g/mol. The fourth-order valence-corrected chi connectivity index (χ4v) is 2.84. The highest BCUT2D eigenvalue weighted by molar-refractivity contribution is 7.13. The van der Waals surface area contributed by atoms with Crippen molar-refractivity contribution >= 4 is 22.3 Å². The van der Waals surface area contributed by atoms with Crippen molar-refractivity contribution in [3.8, 4) is 28.0 Å². The van der Waals surface area contributed by atoms with Crippen LogP contribution in [0.5, 0.6) is 5.75 Å². The summed E-state index contributed by atoms with van der Waals surface area (Å²) in [4.78, 5) is 13.0. The molecular weight excluding hydrogens is 316 g/mol. The Morgan fingerprint density at radius 1 is 1.09 bits per heavy atom. The van der Waals surface area contributed by atoms with Gasteiger partial charge in [0.1, 0.15) is 16.9 Å². The first kappa shape index (κ1) is 13.7. The van der Waals surface area contributed by atoms with Crippen molar-refractivity contribution in [1.82, 2.24) is 10.2 Å². The van der Waals surface area contributed by atoms with Gasteiger partial charge in [-0.1, -0.05) is 6.07 Å². The minimum Gasteiger partial charge on any atom is -0.497 e. The molecule has 23 heavy (non-hydrogen) atoms. The van der Waals surface area contributed by atoms with Crippen LogP contribution in [0.2, 0.25) is 0 Å². The van der Waals surface area contributed by atoms with Crippen LogP contribution >= 0.6 is 11.3 Å². The minimum absolute atomic E-state index is 0.139. The van der Waals surface area contributed by atoms with Gasteiger partial charge in [-0.05, 0) is 29.6 Å². The number of aromatic nitrogens is 2. The van der Waals surface area contributed by atoms with Crippen molar-refractivity contribution in [3.05, 3.63) is 52.2 Å². The van der Waals surface area contributed by atoms with Crippen molar-refractivity contribution in [2.75, 3.05) is 7.11 Å². The van der Waals surface area contributed by atoms with Gasteiger partial charge >= 0.3 is 5.63 Å². The number of thiophene rings is 1. The summed E-state index contributed by atoms with van der Waals surface area (Å²) >= 11 is 1.48. The number of hydrogen-bond acceptors (Lipinski definition) is 7. The number of rotatable bonds is 3. The van der Waals surface area contributed by atoms with Crippen LogP contribution in [0.4, 0.5) is 0 Å². The molecule has 7 heteroatoms. The van der Waals surface area contributed by atoms with Gasteiger partial charge in [0.25, 0.3) is 11.8 Å². The van der Waals surface area contributed by atoms with Gasteiger partial charge in [0.05, 0.1) is 12.0 Å². The lowest BCUT2D eigenvalue weighted by Crippen LogP contribution is -2.02. The molecule has 0 unspecified atom stereocenters. The molecule has 0 bridgehead atoms. The Morgan fingerprint density at radius 3 is 2.74 bits per heavy atom. The van der Waals surface area contributed by atoms with Crippen LogP contribution in [0.1, 0.15) is 0 Å². The molecule has 0 saturated carbocycles. The number of hydrogen-bond donors (Lipinski definition) is 0. The zero-order valence-corrected chi connectivity index (χ0v) is 12.8. The van der Waals surface area contributed by atoms with Crippen molar-refractivity contribution in [1.29, 1.82) is 0 Å². The van der Waals surface area contributed by atoms with Crippen LogP contribution in [0.3, 0.4) is 0 Å². The average Bonchev–Trinajstić information content (AvgIpc) is 3.24. The normalized spacial score (nSPS) is 11.0. The minimum atomic E-state index is -0.535. The lowest BCUT2D eigenvalue weighted by molar-refractivity contribution is 0.414. The van der Waals surface area contributed by atoms with Gasteiger partial charge in [-0.25, -0.2) is 4.79 Å². The quantitative estimate of drug-likeness (QED) is 0.535. The van der Waals surface area contributed by atoms with Crippen LogP contribution in [-0.4, -0.2) is 17.3 Å². The smallest absolute Gasteiger partial charge is 0.349 e. The lowest BCUT2D eigenvalue weighted by atomic mass is 10.2. The van der Waals surface area contributed by atoms with E-state index in [9.17, 15) is 4.79 Å². The highest BCUT2D eigenvalue weighted by atomic mass is 32.1. The predicted octanol–water partition coefficient (Wildman–Crippen LogP) is 3.58. The van der Waals surface area contributed by atoms with Crippen molar-refractivity contribution in [2.45, 2.75) is 0 Å². The van der Waals surface area contributed by atoms with Crippen molar-refractivity contribution < 1.29 is 13.6 Å². The van der Waals surface area contributed by atoms with Crippen LogP contribution in [0, 0.1) is 0 Å². The topological polar surface area (TPSA) is 78.4 Å². The molecule has 0 spiro atoms. The zero-order chi connectivity index (χ0) is 15.8. The summed E-state index contributed by atoms with van der Waals surface area (Å²) in [5.74, 6) is 1.13. The number of methoxy groups -OCH3 is 1. The Hall–Kier alpha value is -2.93. The summed E-state index contributed by atoms with van der Waals surface area (Å²) < 4.78 is 16.0. The van der Waals surface area contributed by atoms with E-state index in [1.54, 1.807) is 31.4 Å². The third-order valence-corrected chi connectivity index (χ3v) is 4.19. The van der Waals surface area contributed by atoms with E-state index in [4.69, 9.17) is 13.6 Å². The first-order chi connectivity index (χ1) is 11.2. The summed E-state index contributed by atoms with van der Waals surface area (Å²) in [6, 6.07) is 10.7. The van der Waals surface area contributed by atoms with E-state index in [0.717, 1.165) is 10.3 Å². The Kier molecular flexibility index (Phi) is 3.20. The highest BCUT2D eigenvalue weighted by Gasteiger charge is 2.16. The summed E-state index contributed by atoms with van der Waals surface area (Å²) in [5, 5.41) is 10.6. The summed E-state index contributed by atoms with van der Waals surface area (Å²) in [7, 11) is 1.55. The maximum atomic E-state index is 12.2. The largest absolute Gasteiger partial charge is 0.497 e. The van der Waals surface area contributed by atoms with Crippen LogP contribution < -0.4 is 10.4 Å². The van der Waals surface area contributed by atoms with Gasteiger partial charge in [0.2, 0.25) is 0 Å². The number of fused-ring (bicyclic) bond motifs is 1. The second-order valence-electron chi connectivity index (χ2n) is 4.74. The second-order valence-corrected chi connectivity index (χ2v) is 5.69. The maximum Gasteiger partial charge on any atom is 0.349 e. The molecule has 0 N–H and O–H groups in total. The van der Waals surface area contributed by atoms with Gasteiger partial charge in [-0.3, -0.25) is 0 Å². The van der Waals surface area contributed by atoms with Gasteiger partial charge in [-0.2, -0.15) is 0 Å². The molecule has 0 fully saturated rings. The van der Waals surface area contributed by atoms with Gasteiger partial charge in [0, 0.05) is 11.5 Å². The van der Waals surface area contributed by atoms with E-state index in [1.807, 2.05) is 17.5 Å². The van der Waals surface area contributed by atoms with Crippen LogP contribution in [-0.2, 0) is 0 Å². The number of benzene rings is 1. The van der Waals surface area contributed by atoms with Crippen molar-refractivity contribution in [3.63, 3.8) is 0 Å². The molecule has 4 aromatic rings. The Labute approximate surface area is 134 Å². The third-order valence-electron chi connectivity index (χ3n) is 3.33. The fourth-order valence-electron chi connectivity index (χ4n) is 2.20. The van der Waals surface area contributed by atoms with Crippen LogP contribution in [0.15, 0.2) is 55.4 Å². The molecule has 0 amide bonds. The average molecular weight is 326 g/mol. The standard InChI is InChI=1S/C16H10N2O4S/c1-20-10-5-4-9-7-11(16(19)21-12(9)8-10)14-17-18-15(22-14)13-3-2-6-23-13/h2-8H,1H3. The Bertz CT molecular complexity index is 1030. The Morgan fingerprint density at radius 2 is 1.96 bits per heavy atom. The number of nitrogens with zero attached hydrogens (tertiary/aromatic N) is 2. The Balaban J connectivity index is 1.82. The molecule has 0 aliphatic rings. The molecule has 0 aliphatic carbocycles. The van der Waals surface area contributed by atoms with Crippen molar-refractivity contribution in [2.24, 2.45) is 0 Å². The first-order valence-electron chi connectivity index (χ1n) is 6.74. The van der Waals surface area contributed by atoms with Crippen LogP contribution in [0.25, 0.3) is 33.2 Å². The lowest BCUT2D eigenvalue weighted by Gasteiger charge is -2.02. The molecule has 1 aromatic carbocycles. The third kappa shape index (κ3) is 2.40. The predicted molar refractivity (Wildman–Crippen MR) is 85.6 cm³/mol. The van der Waals surface area contributed by atoms with E-state index in [0.29, 0.717) is 17.2 Å². The molecule has 0 atom stereocenters. The molecular formula is C16H10N2O4S. The summed E-state index contributed by atoms with van der Waals surface area (Å²) in [6.07, 6.45) is 0. The number of ether oxygens (including phenoxy) is 1. The molecule has 3 heterocycles. The molecule has 6 nitrogen and oxygen atoms in total. The van der Waals surface area contributed by atoms with E-state index < -0.39 is 5.63 Å².